The van der Waals surface area contributed by atoms with Gasteiger partial charge in [0.25, 0.3) is 0 Å². The number of hydrogen-bond acceptors (Lipinski definition) is 1. The summed E-state index contributed by atoms with van der Waals surface area (Å²) in [5.74, 6) is -0.140. The first-order valence-electron chi connectivity index (χ1n) is 7.05. The maximum absolute atomic E-state index is 13.6. The van der Waals surface area contributed by atoms with Crippen molar-refractivity contribution in [2.75, 3.05) is 13.1 Å². The lowest BCUT2D eigenvalue weighted by Crippen LogP contribution is -2.37. The van der Waals surface area contributed by atoms with Crippen LogP contribution >= 0.6 is 24.0 Å². The molecule has 1 fully saturated rings. The maximum Gasteiger partial charge on any atom is 0.188 e. The average Bonchev–Trinajstić information content (AvgIpc) is 2.34. The van der Waals surface area contributed by atoms with Crippen LogP contribution in [-0.4, -0.2) is 19.0 Å². The normalized spacial score (nSPS) is 16.8. The van der Waals surface area contributed by atoms with Gasteiger partial charge in [-0.25, -0.2) is 8.78 Å². The molecule has 3 nitrogen and oxygen atoms in total. The van der Waals surface area contributed by atoms with Gasteiger partial charge in [0.15, 0.2) is 5.96 Å². The summed E-state index contributed by atoms with van der Waals surface area (Å²) >= 11 is 0. The monoisotopic (exact) mass is 409 g/mol. The zero-order chi connectivity index (χ0) is 14.5. The Balaban J connectivity index is 0.00000220. The molecule has 118 valence electrons. The lowest BCUT2D eigenvalue weighted by Gasteiger charge is -2.25. The minimum atomic E-state index is -0.566. The number of nitrogens with one attached hydrogen (secondary N) is 1. The summed E-state index contributed by atoms with van der Waals surface area (Å²) in [6.45, 7) is 3.08. The van der Waals surface area contributed by atoms with E-state index in [9.17, 15) is 8.78 Å². The van der Waals surface area contributed by atoms with E-state index in [1.54, 1.807) is 0 Å². The van der Waals surface area contributed by atoms with Crippen molar-refractivity contribution in [3.8, 4) is 0 Å². The zero-order valence-electron chi connectivity index (χ0n) is 12.1. The van der Waals surface area contributed by atoms with Gasteiger partial charge in [-0.15, -0.1) is 24.0 Å². The van der Waals surface area contributed by atoms with Crippen molar-refractivity contribution in [2.45, 2.75) is 32.1 Å². The van der Waals surface area contributed by atoms with Crippen molar-refractivity contribution in [3.05, 3.63) is 35.4 Å². The van der Waals surface area contributed by atoms with E-state index in [0.29, 0.717) is 24.0 Å². The van der Waals surface area contributed by atoms with Crippen LogP contribution in [0.1, 0.15) is 37.7 Å². The van der Waals surface area contributed by atoms with Gasteiger partial charge in [0.05, 0.1) is 0 Å². The molecule has 1 unspecified atom stereocenters. The minimum Gasteiger partial charge on any atom is -0.370 e. The first kappa shape index (κ1) is 18.1. The van der Waals surface area contributed by atoms with Gasteiger partial charge in [0.1, 0.15) is 11.6 Å². The molecule has 1 aromatic rings. The molecule has 0 heterocycles. The fraction of sp³-hybridized carbons (Fsp3) is 0.533. The Morgan fingerprint density at radius 1 is 1.43 bits per heavy atom. The molecule has 0 amide bonds. The van der Waals surface area contributed by atoms with Crippen molar-refractivity contribution < 1.29 is 8.78 Å². The van der Waals surface area contributed by atoms with E-state index in [2.05, 4.69) is 10.3 Å². The lowest BCUT2D eigenvalue weighted by atomic mass is 9.85. The summed E-state index contributed by atoms with van der Waals surface area (Å²) in [6, 6.07) is 3.62. The van der Waals surface area contributed by atoms with Crippen molar-refractivity contribution in [3.63, 3.8) is 0 Å². The molecule has 0 spiro atoms. The Kier molecular flexibility index (Phi) is 7.34. The number of guanidine groups is 1. The third-order valence-corrected chi connectivity index (χ3v) is 3.83. The molecular weight excluding hydrogens is 387 g/mol. The fourth-order valence-corrected chi connectivity index (χ4v) is 2.24. The highest BCUT2D eigenvalue weighted by Crippen LogP contribution is 2.25. The summed E-state index contributed by atoms with van der Waals surface area (Å²) in [6.07, 6.45) is 3.79. The van der Waals surface area contributed by atoms with Gasteiger partial charge in [0, 0.05) is 25.1 Å². The molecule has 1 aromatic carbocycles. The predicted octanol–water partition coefficient (Wildman–Crippen LogP) is 3.39. The van der Waals surface area contributed by atoms with Crippen LogP contribution in [0.25, 0.3) is 0 Å². The third-order valence-electron chi connectivity index (χ3n) is 3.83. The summed E-state index contributed by atoms with van der Waals surface area (Å²) in [7, 11) is 0. The van der Waals surface area contributed by atoms with E-state index < -0.39 is 11.6 Å². The Labute approximate surface area is 141 Å². The second-order valence-electron chi connectivity index (χ2n) is 5.47. The van der Waals surface area contributed by atoms with Crippen LogP contribution in [0.5, 0.6) is 0 Å². The van der Waals surface area contributed by atoms with E-state index in [1.165, 1.54) is 31.4 Å². The fourth-order valence-electron chi connectivity index (χ4n) is 2.24. The van der Waals surface area contributed by atoms with E-state index in [4.69, 9.17) is 5.73 Å². The largest absolute Gasteiger partial charge is 0.370 e. The molecule has 1 saturated carbocycles. The molecular formula is C15H22F2IN3. The number of nitrogens with two attached hydrogens (primary N) is 1. The second-order valence-corrected chi connectivity index (χ2v) is 5.47. The molecule has 3 N–H and O–H groups in total. The Hall–Kier alpha value is -0.920. The van der Waals surface area contributed by atoms with Crippen LogP contribution in [0.2, 0.25) is 0 Å². The summed E-state index contributed by atoms with van der Waals surface area (Å²) in [5.41, 5.74) is 6.23. The number of aliphatic imine (C=N–C) groups is 1. The van der Waals surface area contributed by atoms with Crippen LogP contribution in [-0.2, 0) is 0 Å². The Morgan fingerprint density at radius 3 is 2.71 bits per heavy atom. The molecule has 6 heteroatoms. The number of nitrogens with zero attached hydrogens (tertiary/aromatic N) is 1. The summed E-state index contributed by atoms with van der Waals surface area (Å²) in [4.78, 5) is 4.22. The van der Waals surface area contributed by atoms with E-state index in [-0.39, 0.29) is 29.9 Å². The molecule has 1 atom stereocenters. The van der Waals surface area contributed by atoms with Gasteiger partial charge in [-0.2, -0.15) is 0 Å². The number of halogens is 3. The van der Waals surface area contributed by atoms with E-state index in [0.717, 1.165) is 12.6 Å². The molecule has 0 aliphatic heterocycles. The summed E-state index contributed by atoms with van der Waals surface area (Å²) < 4.78 is 26.4. The molecule has 0 saturated heterocycles. The standard InChI is InChI=1S/C15H21F2N3.HI/c1-10(13-6-5-12(16)7-14(13)17)8-19-15(18)20-9-11-3-2-4-11;/h5-7,10-11H,2-4,8-9H2,1H3,(H3,18,19,20);1H. The van der Waals surface area contributed by atoms with E-state index in [1.807, 2.05) is 6.92 Å². The van der Waals surface area contributed by atoms with Gasteiger partial charge >= 0.3 is 0 Å². The molecule has 1 aliphatic carbocycles. The van der Waals surface area contributed by atoms with Gasteiger partial charge in [0.2, 0.25) is 0 Å². The van der Waals surface area contributed by atoms with Gasteiger partial charge in [-0.05, 0) is 30.4 Å². The van der Waals surface area contributed by atoms with Crippen molar-refractivity contribution in [1.29, 1.82) is 0 Å². The van der Waals surface area contributed by atoms with Gasteiger partial charge in [-0.1, -0.05) is 19.4 Å². The Morgan fingerprint density at radius 2 is 2.14 bits per heavy atom. The molecule has 0 bridgehead atoms. The third kappa shape index (κ3) is 5.41. The van der Waals surface area contributed by atoms with Crippen molar-refractivity contribution in [1.82, 2.24) is 5.32 Å². The predicted molar refractivity (Wildman–Crippen MR) is 92.0 cm³/mol. The second kappa shape index (κ2) is 8.51. The average molecular weight is 409 g/mol. The first-order valence-corrected chi connectivity index (χ1v) is 7.05. The van der Waals surface area contributed by atoms with Crippen LogP contribution in [0.3, 0.4) is 0 Å². The minimum absolute atomic E-state index is 0. The zero-order valence-corrected chi connectivity index (χ0v) is 14.4. The highest BCUT2D eigenvalue weighted by Gasteiger charge is 2.17. The van der Waals surface area contributed by atoms with E-state index >= 15 is 0 Å². The smallest absolute Gasteiger partial charge is 0.188 e. The first-order chi connectivity index (χ1) is 9.56. The molecule has 21 heavy (non-hydrogen) atoms. The van der Waals surface area contributed by atoms with Crippen LogP contribution in [0, 0.1) is 17.6 Å². The maximum atomic E-state index is 13.6. The summed E-state index contributed by atoms with van der Waals surface area (Å²) in [5, 5.41) is 3.09. The molecule has 0 aromatic heterocycles. The van der Waals surface area contributed by atoms with Crippen molar-refractivity contribution >= 4 is 29.9 Å². The van der Waals surface area contributed by atoms with Gasteiger partial charge in [-0.3, -0.25) is 4.99 Å². The molecule has 2 rings (SSSR count). The number of benzene rings is 1. The quantitative estimate of drug-likeness (QED) is 0.445. The lowest BCUT2D eigenvalue weighted by molar-refractivity contribution is 0.315. The van der Waals surface area contributed by atoms with Gasteiger partial charge < -0.3 is 11.1 Å². The molecule has 1 aliphatic rings. The Bertz CT molecular complexity index is 490. The SMILES string of the molecule is CC(CN=C(N)NCC1CCC1)c1ccc(F)cc1F.I. The highest BCUT2D eigenvalue weighted by molar-refractivity contribution is 14.0. The van der Waals surface area contributed by atoms with Crippen molar-refractivity contribution in [2.24, 2.45) is 16.6 Å². The van der Waals surface area contributed by atoms with Crippen LogP contribution < -0.4 is 11.1 Å². The number of rotatable bonds is 5. The van der Waals surface area contributed by atoms with Crippen LogP contribution in [0.15, 0.2) is 23.2 Å². The highest BCUT2D eigenvalue weighted by atomic mass is 127. The topological polar surface area (TPSA) is 50.4 Å². The molecule has 0 radical (unpaired) electrons. The van der Waals surface area contributed by atoms with Crippen LogP contribution in [0.4, 0.5) is 8.78 Å². The number of hydrogen-bond donors (Lipinski definition) is 2.